The van der Waals surface area contributed by atoms with Crippen LogP contribution in [0, 0.1) is 0 Å². The monoisotopic (exact) mass is 178 g/mol. The van der Waals surface area contributed by atoms with Crippen LogP contribution in [-0.4, -0.2) is 39.1 Å². The molecule has 0 aromatic carbocycles. The van der Waals surface area contributed by atoms with E-state index in [0.29, 0.717) is 12.4 Å². The molecule has 1 aliphatic heterocycles. The molecule has 0 saturated carbocycles. The van der Waals surface area contributed by atoms with Gasteiger partial charge in [0.15, 0.2) is 0 Å². The molecule has 0 aliphatic carbocycles. The Balaban J connectivity index is 2.09. The van der Waals surface area contributed by atoms with Crippen molar-refractivity contribution in [3.8, 4) is 0 Å². The van der Waals surface area contributed by atoms with Gasteiger partial charge in [0.2, 0.25) is 5.82 Å². The highest BCUT2D eigenvalue weighted by atomic mass is 16.2. The number of H-pyrrole nitrogens is 1. The Hall–Kier alpha value is -1.65. The van der Waals surface area contributed by atoms with Gasteiger partial charge in [0.25, 0.3) is 5.91 Å². The van der Waals surface area contributed by atoms with Crippen molar-refractivity contribution in [1.82, 2.24) is 20.1 Å². The first-order valence-electron chi connectivity index (χ1n) is 4.17. The van der Waals surface area contributed by atoms with Gasteiger partial charge in [-0.1, -0.05) is 12.2 Å². The van der Waals surface area contributed by atoms with Gasteiger partial charge in [0, 0.05) is 13.1 Å². The number of aromatic nitrogens is 3. The number of aromatic amines is 1. The average Bonchev–Trinajstić information content (AvgIpc) is 2.71. The van der Waals surface area contributed by atoms with E-state index < -0.39 is 0 Å². The van der Waals surface area contributed by atoms with Gasteiger partial charge >= 0.3 is 0 Å². The number of carbonyl (C=O) groups excluding carboxylic acids is 1. The maximum Gasteiger partial charge on any atom is 0.291 e. The molecule has 2 heterocycles. The molecular weight excluding hydrogens is 168 g/mol. The van der Waals surface area contributed by atoms with Crippen molar-refractivity contribution < 1.29 is 4.79 Å². The third kappa shape index (κ3) is 1.58. The lowest BCUT2D eigenvalue weighted by molar-refractivity contribution is 0.0759. The summed E-state index contributed by atoms with van der Waals surface area (Å²) in [4.78, 5) is 17.2. The molecule has 0 atom stereocenters. The number of rotatable bonds is 1. The van der Waals surface area contributed by atoms with Crippen molar-refractivity contribution in [3.63, 3.8) is 0 Å². The Labute approximate surface area is 75.5 Å². The van der Waals surface area contributed by atoms with Crippen LogP contribution in [0.5, 0.6) is 0 Å². The van der Waals surface area contributed by atoms with E-state index in [1.165, 1.54) is 6.33 Å². The van der Waals surface area contributed by atoms with E-state index >= 15 is 0 Å². The molecule has 13 heavy (non-hydrogen) atoms. The summed E-state index contributed by atoms with van der Waals surface area (Å²) >= 11 is 0. The topological polar surface area (TPSA) is 61.9 Å². The molecule has 0 unspecified atom stereocenters. The average molecular weight is 178 g/mol. The standard InChI is InChI=1S/C8H10N4O/c13-8(7-9-6-10-11-7)12-4-2-1-3-5-12/h1-2,6H,3-5H2,(H,9,10,11). The summed E-state index contributed by atoms with van der Waals surface area (Å²) < 4.78 is 0. The Bertz CT molecular complexity index is 317. The van der Waals surface area contributed by atoms with Crippen LogP contribution in [0.4, 0.5) is 0 Å². The quantitative estimate of drug-likeness (QED) is 0.625. The number of nitrogens with zero attached hydrogens (tertiary/aromatic N) is 3. The van der Waals surface area contributed by atoms with Crippen LogP contribution in [0.3, 0.4) is 0 Å². The van der Waals surface area contributed by atoms with Crippen molar-refractivity contribution >= 4 is 5.91 Å². The summed E-state index contributed by atoms with van der Waals surface area (Å²) in [6, 6.07) is 0. The molecule has 0 saturated heterocycles. The number of hydrogen-bond acceptors (Lipinski definition) is 3. The minimum Gasteiger partial charge on any atom is -0.332 e. The fraction of sp³-hybridized carbons (Fsp3) is 0.375. The number of carbonyl (C=O) groups is 1. The molecule has 68 valence electrons. The summed E-state index contributed by atoms with van der Waals surface area (Å²) in [6.45, 7) is 1.43. The van der Waals surface area contributed by atoms with E-state index in [1.54, 1.807) is 4.90 Å². The molecule has 1 N–H and O–H groups in total. The number of nitrogens with one attached hydrogen (secondary N) is 1. The Morgan fingerprint density at radius 1 is 1.54 bits per heavy atom. The van der Waals surface area contributed by atoms with Crippen molar-refractivity contribution in [2.45, 2.75) is 6.42 Å². The van der Waals surface area contributed by atoms with E-state index in [0.717, 1.165) is 13.0 Å². The van der Waals surface area contributed by atoms with Gasteiger partial charge in [0.05, 0.1) is 0 Å². The molecule has 1 aliphatic rings. The van der Waals surface area contributed by atoms with Gasteiger partial charge in [0.1, 0.15) is 6.33 Å². The molecule has 5 heteroatoms. The Morgan fingerprint density at radius 3 is 3.08 bits per heavy atom. The van der Waals surface area contributed by atoms with Gasteiger partial charge in [-0.05, 0) is 6.42 Å². The first kappa shape index (κ1) is 7.97. The number of hydrogen-bond donors (Lipinski definition) is 1. The van der Waals surface area contributed by atoms with E-state index in [1.807, 2.05) is 6.08 Å². The second-order valence-electron chi connectivity index (χ2n) is 2.85. The van der Waals surface area contributed by atoms with Crippen LogP contribution in [0.2, 0.25) is 0 Å². The largest absolute Gasteiger partial charge is 0.332 e. The van der Waals surface area contributed by atoms with Crippen molar-refractivity contribution in [3.05, 3.63) is 24.3 Å². The lowest BCUT2D eigenvalue weighted by Crippen LogP contribution is -2.34. The number of amides is 1. The highest BCUT2D eigenvalue weighted by molar-refractivity contribution is 5.90. The van der Waals surface area contributed by atoms with Crippen LogP contribution in [0.1, 0.15) is 17.0 Å². The van der Waals surface area contributed by atoms with E-state index in [-0.39, 0.29) is 5.91 Å². The second-order valence-corrected chi connectivity index (χ2v) is 2.85. The van der Waals surface area contributed by atoms with E-state index in [2.05, 4.69) is 21.3 Å². The minimum atomic E-state index is -0.0816. The lowest BCUT2D eigenvalue weighted by Gasteiger charge is -2.21. The molecule has 0 radical (unpaired) electrons. The summed E-state index contributed by atoms with van der Waals surface area (Å²) in [5.41, 5.74) is 0. The van der Waals surface area contributed by atoms with Crippen LogP contribution in [0.15, 0.2) is 18.5 Å². The summed E-state index contributed by atoms with van der Waals surface area (Å²) in [5, 5.41) is 6.19. The Morgan fingerprint density at radius 2 is 2.46 bits per heavy atom. The maximum atomic E-state index is 11.6. The van der Waals surface area contributed by atoms with Crippen molar-refractivity contribution in [1.29, 1.82) is 0 Å². The third-order valence-electron chi connectivity index (χ3n) is 1.96. The second kappa shape index (κ2) is 3.38. The van der Waals surface area contributed by atoms with Gasteiger partial charge in [-0.3, -0.25) is 9.89 Å². The Kier molecular flexibility index (Phi) is 2.08. The zero-order valence-corrected chi connectivity index (χ0v) is 7.10. The van der Waals surface area contributed by atoms with Gasteiger partial charge in [-0.15, -0.1) is 0 Å². The van der Waals surface area contributed by atoms with Gasteiger partial charge in [-0.25, -0.2) is 4.98 Å². The molecular formula is C8H10N4O. The fourth-order valence-electron chi connectivity index (χ4n) is 1.28. The molecule has 1 amide bonds. The smallest absolute Gasteiger partial charge is 0.291 e. The zero-order valence-electron chi connectivity index (χ0n) is 7.10. The SMILES string of the molecule is O=C(c1ncn[nH]1)N1CC=CCC1. The van der Waals surface area contributed by atoms with Crippen LogP contribution < -0.4 is 0 Å². The fourth-order valence-corrected chi connectivity index (χ4v) is 1.28. The summed E-state index contributed by atoms with van der Waals surface area (Å²) in [5.74, 6) is 0.233. The molecule has 0 bridgehead atoms. The summed E-state index contributed by atoms with van der Waals surface area (Å²) in [7, 11) is 0. The normalized spacial score (nSPS) is 16.2. The highest BCUT2D eigenvalue weighted by Gasteiger charge is 2.17. The van der Waals surface area contributed by atoms with Gasteiger partial charge < -0.3 is 4.90 Å². The molecule has 0 spiro atoms. The third-order valence-corrected chi connectivity index (χ3v) is 1.96. The molecule has 1 aromatic heterocycles. The maximum absolute atomic E-state index is 11.6. The predicted molar refractivity (Wildman–Crippen MR) is 46.0 cm³/mol. The highest BCUT2D eigenvalue weighted by Crippen LogP contribution is 2.04. The molecule has 1 aromatic rings. The zero-order chi connectivity index (χ0) is 9.10. The summed E-state index contributed by atoms with van der Waals surface area (Å²) in [6.07, 6.45) is 6.31. The van der Waals surface area contributed by atoms with E-state index in [9.17, 15) is 4.79 Å². The predicted octanol–water partition coefficient (Wildman–Crippen LogP) is 0.207. The molecule has 2 rings (SSSR count). The lowest BCUT2D eigenvalue weighted by atomic mass is 10.2. The first-order chi connectivity index (χ1) is 6.38. The molecule has 5 nitrogen and oxygen atoms in total. The van der Waals surface area contributed by atoms with Crippen molar-refractivity contribution in [2.24, 2.45) is 0 Å². The van der Waals surface area contributed by atoms with Crippen LogP contribution >= 0.6 is 0 Å². The molecule has 0 fully saturated rings. The minimum absolute atomic E-state index is 0.0816. The first-order valence-corrected chi connectivity index (χ1v) is 4.17. The van der Waals surface area contributed by atoms with Gasteiger partial charge in [-0.2, -0.15) is 5.10 Å². The van der Waals surface area contributed by atoms with Crippen molar-refractivity contribution in [2.75, 3.05) is 13.1 Å². The van der Waals surface area contributed by atoms with Crippen LogP contribution in [0.25, 0.3) is 0 Å². The van der Waals surface area contributed by atoms with E-state index in [4.69, 9.17) is 0 Å². The van der Waals surface area contributed by atoms with Crippen LogP contribution in [-0.2, 0) is 0 Å².